The third-order valence-electron chi connectivity index (χ3n) is 4.68. The van der Waals surface area contributed by atoms with Crippen LogP contribution in [0.25, 0.3) is 0 Å². The molecule has 0 aliphatic carbocycles. The van der Waals surface area contributed by atoms with Gasteiger partial charge >= 0.3 is 12.0 Å². The smallest absolute Gasteiger partial charge is 0.335 e. The second kappa shape index (κ2) is 8.88. The monoisotopic (exact) mass is 375 g/mol. The number of piperidine rings is 1. The molecule has 27 heavy (non-hydrogen) atoms. The van der Waals surface area contributed by atoms with E-state index in [-0.39, 0.29) is 23.4 Å². The number of carbonyl (C=O) groups is 3. The number of aromatic carboxylic acids is 1. The Hall–Kier alpha value is -2.57. The minimum Gasteiger partial charge on any atom is -0.478 e. The predicted octanol–water partition coefficient (Wildman–Crippen LogP) is 2.47. The van der Waals surface area contributed by atoms with Crippen LogP contribution < -0.4 is 10.6 Å². The Morgan fingerprint density at radius 3 is 2.41 bits per heavy atom. The molecule has 3 N–H and O–H groups in total. The van der Waals surface area contributed by atoms with E-state index in [0.717, 1.165) is 18.4 Å². The molecule has 1 aliphatic heterocycles. The molecule has 1 saturated heterocycles. The van der Waals surface area contributed by atoms with Crippen molar-refractivity contribution in [3.05, 3.63) is 35.4 Å². The Morgan fingerprint density at radius 1 is 1.15 bits per heavy atom. The third-order valence-corrected chi connectivity index (χ3v) is 4.68. The van der Waals surface area contributed by atoms with E-state index in [1.54, 1.807) is 17.0 Å². The number of carbonyl (C=O) groups excluding carboxylic acids is 2. The summed E-state index contributed by atoms with van der Waals surface area (Å²) in [6, 6.07) is 6.32. The van der Waals surface area contributed by atoms with Crippen molar-refractivity contribution in [1.29, 1.82) is 0 Å². The van der Waals surface area contributed by atoms with Gasteiger partial charge in [-0.3, -0.25) is 4.79 Å². The van der Waals surface area contributed by atoms with Gasteiger partial charge in [0.1, 0.15) is 0 Å². The molecule has 1 heterocycles. The van der Waals surface area contributed by atoms with Gasteiger partial charge in [0.2, 0.25) is 5.91 Å². The predicted molar refractivity (Wildman–Crippen MR) is 102 cm³/mol. The number of nitrogens with zero attached hydrogens (tertiary/aromatic N) is 1. The summed E-state index contributed by atoms with van der Waals surface area (Å²) in [7, 11) is 0. The zero-order chi connectivity index (χ0) is 20.0. The summed E-state index contributed by atoms with van der Waals surface area (Å²) in [5.41, 5.74) is 0.655. The van der Waals surface area contributed by atoms with Crippen LogP contribution in [-0.4, -0.2) is 47.5 Å². The molecule has 0 saturated carbocycles. The van der Waals surface area contributed by atoms with Crippen molar-refractivity contribution in [2.75, 3.05) is 19.6 Å². The van der Waals surface area contributed by atoms with Crippen LogP contribution in [-0.2, 0) is 11.3 Å². The standard InChI is InChI=1S/C20H29N3O4/c1-20(2,3)18(26)21-12-15-5-4-10-23(13-15)19(27)22-11-14-6-8-16(9-7-14)17(24)25/h6-9,15H,4-5,10-13H2,1-3H3,(H,21,26)(H,22,27)(H,24,25). The molecule has 1 unspecified atom stereocenters. The Bertz CT molecular complexity index is 679. The molecule has 0 spiro atoms. The first-order valence-corrected chi connectivity index (χ1v) is 9.30. The lowest BCUT2D eigenvalue weighted by atomic mass is 9.94. The van der Waals surface area contributed by atoms with Gasteiger partial charge in [-0.15, -0.1) is 0 Å². The summed E-state index contributed by atoms with van der Waals surface area (Å²) in [6.07, 6.45) is 1.90. The van der Waals surface area contributed by atoms with E-state index < -0.39 is 11.4 Å². The molecule has 2 rings (SSSR count). The second-order valence-corrected chi connectivity index (χ2v) is 8.08. The van der Waals surface area contributed by atoms with Crippen LogP contribution in [0.2, 0.25) is 0 Å². The van der Waals surface area contributed by atoms with E-state index >= 15 is 0 Å². The van der Waals surface area contributed by atoms with Crippen LogP contribution >= 0.6 is 0 Å². The molecule has 1 aromatic rings. The third kappa shape index (κ3) is 6.27. The van der Waals surface area contributed by atoms with E-state index in [1.807, 2.05) is 20.8 Å². The van der Waals surface area contributed by atoms with Crippen LogP contribution in [0, 0.1) is 11.3 Å². The van der Waals surface area contributed by atoms with Gasteiger partial charge in [0.25, 0.3) is 0 Å². The molecule has 0 aromatic heterocycles. The summed E-state index contributed by atoms with van der Waals surface area (Å²) < 4.78 is 0. The Labute approximate surface area is 160 Å². The van der Waals surface area contributed by atoms with E-state index in [2.05, 4.69) is 10.6 Å². The fraction of sp³-hybridized carbons (Fsp3) is 0.550. The van der Waals surface area contributed by atoms with Gasteiger partial charge in [-0.2, -0.15) is 0 Å². The van der Waals surface area contributed by atoms with Gasteiger partial charge in [-0.25, -0.2) is 9.59 Å². The molecule has 1 fully saturated rings. The zero-order valence-electron chi connectivity index (χ0n) is 16.2. The van der Waals surface area contributed by atoms with Crippen LogP contribution in [0.3, 0.4) is 0 Å². The van der Waals surface area contributed by atoms with Crippen LogP contribution in [0.15, 0.2) is 24.3 Å². The number of carboxylic acid groups (broad SMARTS) is 1. The minimum atomic E-state index is -0.969. The quantitative estimate of drug-likeness (QED) is 0.736. The van der Waals surface area contributed by atoms with Gasteiger partial charge in [-0.05, 0) is 36.5 Å². The lowest BCUT2D eigenvalue weighted by Crippen LogP contribution is -2.48. The van der Waals surface area contributed by atoms with Crippen molar-refractivity contribution in [1.82, 2.24) is 15.5 Å². The average molecular weight is 375 g/mol. The SMILES string of the molecule is CC(C)(C)C(=O)NCC1CCCN(C(=O)NCc2ccc(C(=O)O)cc2)C1. The second-order valence-electron chi connectivity index (χ2n) is 8.08. The molecular weight excluding hydrogens is 346 g/mol. The number of amides is 3. The highest BCUT2D eigenvalue weighted by atomic mass is 16.4. The summed E-state index contributed by atoms with van der Waals surface area (Å²) >= 11 is 0. The first-order valence-electron chi connectivity index (χ1n) is 9.30. The molecule has 148 valence electrons. The maximum atomic E-state index is 12.4. The summed E-state index contributed by atoms with van der Waals surface area (Å²) in [6.45, 7) is 7.89. The molecule has 3 amide bonds. The Morgan fingerprint density at radius 2 is 1.81 bits per heavy atom. The van der Waals surface area contributed by atoms with Gasteiger partial charge in [0, 0.05) is 31.6 Å². The van der Waals surface area contributed by atoms with Crippen molar-refractivity contribution in [2.24, 2.45) is 11.3 Å². The summed E-state index contributed by atoms with van der Waals surface area (Å²) in [5, 5.41) is 14.8. The molecule has 1 atom stereocenters. The maximum absolute atomic E-state index is 12.4. The number of nitrogens with one attached hydrogen (secondary N) is 2. The van der Waals surface area contributed by atoms with Crippen LogP contribution in [0.5, 0.6) is 0 Å². The number of rotatable bonds is 5. The largest absolute Gasteiger partial charge is 0.478 e. The van der Waals surface area contributed by atoms with E-state index in [4.69, 9.17) is 5.11 Å². The Kier molecular flexibility index (Phi) is 6.82. The van der Waals surface area contributed by atoms with Crippen LogP contribution in [0.1, 0.15) is 49.5 Å². The first-order chi connectivity index (χ1) is 12.7. The van der Waals surface area contributed by atoms with Crippen molar-refractivity contribution in [2.45, 2.75) is 40.2 Å². The van der Waals surface area contributed by atoms with E-state index in [1.165, 1.54) is 12.1 Å². The Balaban J connectivity index is 1.80. The molecule has 1 aromatic carbocycles. The number of likely N-dealkylation sites (tertiary alicyclic amines) is 1. The number of urea groups is 1. The fourth-order valence-electron chi connectivity index (χ4n) is 2.97. The summed E-state index contributed by atoms with van der Waals surface area (Å²) in [4.78, 5) is 37.1. The molecule has 7 nitrogen and oxygen atoms in total. The highest BCUT2D eigenvalue weighted by Crippen LogP contribution is 2.18. The minimum absolute atomic E-state index is 0.0221. The van der Waals surface area contributed by atoms with E-state index in [0.29, 0.717) is 26.2 Å². The number of hydrogen-bond donors (Lipinski definition) is 3. The van der Waals surface area contributed by atoms with Gasteiger partial charge < -0.3 is 20.6 Å². The number of carboxylic acids is 1. The van der Waals surface area contributed by atoms with Crippen molar-refractivity contribution >= 4 is 17.9 Å². The normalized spacial score (nSPS) is 17.3. The highest BCUT2D eigenvalue weighted by molar-refractivity contribution is 5.87. The maximum Gasteiger partial charge on any atom is 0.335 e. The molecular formula is C20H29N3O4. The average Bonchev–Trinajstić information content (AvgIpc) is 2.63. The lowest BCUT2D eigenvalue weighted by Gasteiger charge is -2.33. The topological polar surface area (TPSA) is 98.7 Å². The lowest BCUT2D eigenvalue weighted by molar-refractivity contribution is -0.128. The molecule has 0 radical (unpaired) electrons. The first kappa shape index (κ1) is 20.7. The zero-order valence-corrected chi connectivity index (χ0v) is 16.2. The van der Waals surface area contributed by atoms with E-state index in [9.17, 15) is 14.4 Å². The number of benzene rings is 1. The number of hydrogen-bond acceptors (Lipinski definition) is 3. The molecule has 1 aliphatic rings. The van der Waals surface area contributed by atoms with Crippen LogP contribution in [0.4, 0.5) is 4.79 Å². The van der Waals surface area contributed by atoms with Crippen molar-refractivity contribution in [3.8, 4) is 0 Å². The van der Waals surface area contributed by atoms with Gasteiger partial charge in [0.05, 0.1) is 5.56 Å². The van der Waals surface area contributed by atoms with Crippen molar-refractivity contribution in [3.63, 3.8) is 0 Å². The fourth-order valence-corrected chi connectivity index (χ4v) is 2.97. The molecule has 7 heteroatoms. The van der Waals surface area contributed by atoms with Gasteiger partial charge in [-0.1, -0.05) is 32.9 Å². The van der Waals surface area contributed by atoms with Crippen molar-refractivity contribution < 1.29 is 19.5 Å². The molecule has 0 bridgehead atoms. The summed E-state index contributed by atoms with van der Waals surface area (Å²) in [5.74, 6) is -0.692. The highest BCUT2D eigenvalue weighted by Gasteiger charge is 2.26. The van der Waals surface area contributed by atoms with Gasteiger partial charge in [0.15, 0.2) is 0 Å².